The number of amides is 1. The molecule has 0 aromatic carbocycles. The number of ether oxygens (including phenoxy) is 1. The molecule has 2 N–H and O–H groups in total. The van der Waals surface area contributed by atoms with Gasteiger partial charge in [0, 0.05) is 37.1 Å². The topological polar surface area (TPSA) is 57.4 Å². The third-order valence-electron chi connectivity index (χ3n) is 3.89. The van der Waals surface area contributed by atoms with Crippen LogP contribution < -0.4 is 5.32 Å². The predicted molar refractivity (Wildman–Crippen MR) is 83.1 cm³/mol. The second kappa shape index (κ2) is 6.10. The molecule has 1 saturated heterocycles. The zero-order valence-electron chi connectivity index (χ0n) is 13.5. The number of carbonyl (C=O) groups excluding carboxylic acids is 1. The summed E-state index contributed by atoms with van der Waals surface area (Å²) in [5.41, 5.74) is 0.832. The molecule has 1 fully saturated rings. The fourth-order valence-corrected chi connectivity index (χ4v) is 2.47. The number of rotatable bonds is 3. The number of aromatic nitrogens is 1. The Morgan fingerprint density at radius 1 is 1.43 bits per heavy atom. The van der Waals surface area contributed by atoms with E-state index >= 15 is 0 Å². The van der Waals surface area contributed by atoms with Crippen LogP contribution in [0, 0.1) is 0 Å². The molecule has 0 radical (unpaired) electrons. The number of nitrogens with one attached hydrogen (secondary N) is 2. The maximum atomic E-state index is 12.0. The van der Waals surface area contributed by atoms with Gasteiger partial charge in [0.25, 0.3) is 0 Å². The summed E-state index contributed by atoms with van der Waals surface area (Å²) in [6.07, 6.45) is 3.61. The molecule has 0 unspecified atom stereocenters. The van der Waals surface area contributed by atoms with Gasteiger partial charge in [-0.05, 0) is 52.7 Å². The quantitative estimate of drug-likeness (QED) is 0.901. The van der Waals surface area contributed by atoms with Crippen LogP contribution in [-0.2, 0) is 11.3 Å². The highest BCUT2D eigenvalue weighted by atomic mass is 16.6. The first-order valence-electron chi connectivity index (χ1n) is 7.63. The minimum absolute atomic E-state index is 0.0730. The maximum absolute atomic E-state index is 12.0. The van der Waals surface area contributed by atoms with Crippen molar-refractivity contribution in [1.82, 2.24) is 15.2 Å². The Kier molecular flexibility index (Phi) is 4.61. The Hall–Kier alpha value is -1.49. The van der Waals surface area contributed by atoms with Crippen LogP contribution in [0.15, 0.2) is 18.3 Å². The van der Waals surface area contributed by atoms with Crippen molar-refractivity contribution in [3.05, 3.63) is 24.0 Å². The third-order valence-corrected chi connectivity index (χ3v) is 3.89. The van der Waals surface area contributed by atoms with Gasteiger partial charge in [-0.2, -0.15) is 0 Å². The number of hydrogen-bond acceptors (Lipinski definition) is 3. The highest BCUT2D eigenvalue weighted by Gasteiger charge is 2.33. The lowest BCUT2D eigenvalue weighted by atomic mass is 9.89. The van der Waals surface area contributed by atoms with Crippen LogP contribution in [0.4, 0.5) is 4.79 Å². The molecule has 5 nitrogen and oxygen atoms in total. The molecule has 1 aliphatic rings. The second-order valence-electron chi connectivity index (χ2n) is 7.08. The lowest BCUT2D eigenvalue weighted by molar-refractivity contribution is 0.0156. The summed E-state index contributed by atoms with van der Waals surface area (Å²) in [4.78, 5) is 17.1. The van der Waals surface area contributed by atoms with Gasteiger partial charge in [0.05, 0.1) is 0 Å². The van der Waals surface area contributed by atoms with Crippen molar-refractivity contribution < 1.29 is 9.53 Å². The van der Waals surface area contributed by atoms with E-state index in [1.807, 2.05) is 37.9 Å². The first kappa shape index (κ1) is 15.9. The van der Waals surface area contributed by atoms with Gasteiger partial charge in [0.1, 0.15) is 5.60 Å². The number of piperidine rings is 1. The molecule has 1 aromatic rings. The molecule has 1 aromatic heterocycles. The van der Waals surface area contributed by atoms with E-state index in [0.717, 1.165) is 32.5 Å². The summed E-state index contributed by atoms with van der Waals surface area (Å²) in [6.45, 7) is 10.2. The summed E-state index contributed by atoms with van der Waals surface area (Å²) < 4.78 is 5.43. The Labute approximate surface area is 127 Å². The first-order chi connectivity index (χ1) is 9.77. The molecule has 0 spiro atoms. The summed E-state index contributed by atoms with van der Waals surface area (Å²) >= 11 is 0. The number of aromatic amines is 1. The summed E-state index contributed by atoms with van der Waals surface area (Å²) in [7, 11) is 0. The van der Waals surface area contributed by atoms with Crippen LogP contribution in [0.2, 0.25) is 0 Å². The van der Waals surface area contributed by atoms with E-state index in [-0.39, 0.29) is 11.6 Å². The van der Waals surface area contributed by atoms with Crippen LogP contribution in [-0.4, -0.2) is 40.2 Å². The van der Waals surface area contributed by atoms with E-state index in [1.54, 1.807) is 0 Å². The van der Waals surface area contributed by atoms with Crippen molar-refractivity contribution in [2.45, 2.75) is 58.2 Å². The highest BCUT2D eigenvalue weighted by molar-refractivity contribution is 5.68. The molecule has 0 bridgehead atoms. The van der Waals surface area contributed by atoms with E-state index in [4.69, 9.17) is 4.74 Å². The fraction of sp³-hybridized carbons (Fsp3) is 0.688. The van der Waals surface area contributed by atoms with Crippen LogP contribution in [0.1, 0.15) is 46.2 Å². The molecular weight excluding hydrogens is 266 g/mol. The lowest BCUT2D eigenvalue weighted by Crippen LogP contribution is -2.53. The van der Waals surface area contributed by atoms with Crippen LogP contribution >= 0.6 is 0 Å². The van der Waals surface area contributed by atoms with Gasteiger partial charge < -0.3 is 19.9 Å². The SMILES string of the molecule is CC1(NCc2ccc[nH]2)CCN(C(=O)OC(C)(C)C)CC1. The largest absolute Gasteiger partial charge is 0.444 e. The van der Waals surface area contributed by atoms with E-state index in [0.29, 0.717) is 0 Å². The van der Waals surface area contributed by atoms with Gasteiger partial charge in [0.15, 0.2) is 0 Å². The number of hydrogen-bond donors (Lipinski definition) is 2. The molecule has 21 heavy (non-hydrogen) atoms. The molecule has 118 valence electrons. The summed E-state index contributed by atoms with van der Waals surface area (Å²) in [5, 5.41) is 3.60. The molecule has 2 heterocycles. The molecule has 5 heteroatoms. The van der Waals surface area contributed by atoms with Crippen molar-refractivity contribution in [1.29, 1.82) is 0 Å². The summed E-state index contributed by atoms with van der Waals surface area (Å²) in [5.74, 6) is 0. The fourth-order valence-electron chi connectivity index (χ4n) is 2.47. The van der Waals surface area contributed by atoms with Crippen LogP contribution in [0.3, 0.4) is 0 Å². The minimum atomic E-state index is -0.427. The number of likely N-dealkylation sites (tertiary alicyclic amines) is 1. The standard InChI is InChI=1S/C16H27N3O2/c1-15(2,3)21-14(20)19-10-7-16(4,8-11-19)18-12-13-6-5-9-17-13/h5-6,9,17-18H,7-8,10-12H2,1-4H3. The smallest absolute Gasteiger partial charge is 0.410 e. The normalized spacial score (nSPS) is 18.6. The van der Waals surface area contributed by atoms with Crippen LogP contribution in [0.5, 0.6) is 0 Å². The minimum Gasteiger partial charge on any atom is -0.444 e. The Morgan fingerprint density at radius 3 is 2.62 bits per heavy atom. The maximum Gasteiger partial charge on any atom is 0.410 e. The Morgan fingerprint density at radius 2 is 2.10 bits per heavy atom. The molecule has 0 atom stereocenters. The van der Waals surface area contributed by atoms with E-state index in [2.05, 4.69) is 23.3 Å². The first-order valence-corrected chi connectivity index (χ1v) is 7.63. The molecule has 0 saturated carbocycles. The zero-order chi connectivity index (χ0) is 15.5. The molecule has 1 aliphatic heterocycles. The Balaban J connectivity index is 1.80. The molecule has 1 amide bonds. The Bertz CT molecular complexity index is 454. The molecule has 0 aliphatic carbocycles. The van der Waals surface area contributed by atoms with Crippen molar-refractivity contribution in [2.75, 3.05) is 13.1 Å². The van der Waals surface area contributed by atoms with Gasteiger partial charge in [-0.25, -0.2) is 4.79 Å². The lowest BCUT2D eigenvalue weighted by Gasteiger charge is -2.40. The van der Waals surface area contributed by atoms with Gasteiger partial charge >= 0.3 is 6.09 Å². The van der Waals surface area contributed by atoms with Gasteiger partial charge in [-0.15, -0.1) is 0 Å². The van der Waals surface area contributed by atoms with E-state index < -0.39 is 5.60 Å². The zero-order valence-corrected chi connectivity index (χ0v) is 13.5. The number of carbonyl (C=O) groups is 1. The van der Waals surface area contributed by atoms with Crippen molar-refractivity contribution in [3.8, 4) is 0 Å². The van der Waals surface area contributed by atoms with Gasteiger partial charge in [0.2, 0.25) is 0 Å². The highest BCUT2D eigenvalue weighted by Crippen LogP contribution is 2.23. The number of H-pyrrole nitrogens is 1. The summed E-state index contributed by atoms with van der Waals surface area (Å²) in [6, 6.07) is 4.08. The van der Waals surface area contributed by atoms with Crippen molar-refractivity contribution >= 4 is 6.09 Å². The predicted octanol–water partition coefficient (Wildman–Crippen LogP) is 2.89. The van der Waals surface area contributed by atoms with E-state index in [1.165, 1.54) is 5.69 Å². The van der Waals surface area contributed by atoms with Crippen LogP contribution in [0.25, 0.3) is 0 Å². The second-order valence-corrected chi connectivity index (χ2v) is 7.08. The van der Waals surface area contributed by atoms with Crippen molar-refractivity contribution in [2.24, 2.45) is 0 Å². The van der Waals surface area contributed by atoms with Crippen molar-refractivity contribution in [3.63, 3.8) is 0 Å². The molecule has 2 rings (SSSR count). The monoisotopic (exact) mass is 293 g/mol. The number of nitrogens with zero attached hydrogens (tertiary/aromatic N) is 1. The van der Waals surface area contributed by atoms with Gasteiger partial charge in [-0.1, -0.05) is 0 Å². The third kappa shape index (κ3) is 4.77. The van der Waals surface area contributed by atoms with E-state index in [9.17, 15) is 4.79 Å². The van der Waals surface area contributed by atoms with Gasteiger partial charge in [-0.3, -0.25) is 0 Å². The average molecular weight is 293 g/mol. The molecular formula is C16H27N3O2. The average Bonchev–Trinajstić information content (AvgIpc) is 2.88.